The molecular formula is C7H15ClO3S. The average Bonchev–Trinajstić information content (AvgIpc) is 1.95. The fourth-order valence-corrected chi connectivity index (χ4v) is 2.47. The summed E-state index contributed by atoms with van der Waals surface area (Å²) in [7, 11) is 3.37. The lowest BCUT2D eigenvalue weighted by molar-refractivity contribution is 0.180. The molecule has 0 aliphatic carbocycles. The predicted molar refractivity (Wildman–Crippen MR) is 49.9 cm³/mol. The van der Waals surface area contributed by atoms with Crippen molar-refractivity contribution in [1.82, 2.24) is 0 Å². The van der Waals surface area contributed by atoms with Gasteiger partial charge in [0.05, 0.1) is 5.75 Å². The third-order valence-corrected chi connectivity index (χ3v) is 2.99. The highest BCUT2D eigenvalue weighted by Gasteiger charge is 2.14. The summed E-state index contributed by atoms with van der Waals surface area (Å²) < 4.78 is 26.2. The van der Waals surface area contributed by atoms with Crippen molar-refractivity contribution in [3.63, 3.8) is 0 Å². The van der Waals surface area contributed by atoms with Crippen LogP contribution >= 0.6 is 10.7 Å². The van der Waals surface area contributed by atoms with Gasteiger partial charge < -0.3 is 4.74 Å². The Balaban J connectivity index is 3.83. The van der Waals surface area contributed by atoms with E-state index < -0.39 is 9.05 Å². The van der Waals surface area contributed by atoms with E-state index in [1.54, 1.807) is 7.11 Å². The zero-order valence-corrected chi connectivity index (χ0v) is 8.99. The Morgan fingerprint density at radius 3 is 2.42 bits per heavy atom. The van der Waals surface area contributed by atoms with Crippen molar-refractivity contribution in [2.75, 3.05) is 19.5 Å². The van der Waals surface area contributed by atoms with Crippen molar-refractivity contribution in [3.05, 3.63) is 0 Å². The average molecular weight is 215 g/mol. The van der Waals surface area contributed by atoms with Crippen LogP contribution in [0.5, 0.6) is 0 Å². The van der Waals surface area contributed by atoms with Gasteiger partial charge in [0.1, 0.15) is 0 Å². The van der Waals surface area contributed by atoms with Crippen LogP contribution in [0.3, 0.4) is 0 Å². The van der Waals surface area contributed by atoms with Gasteiger partial charge in [-0.25, -0.2) is 8.42 Å². The summed E-state index contributed by atoms with van der Waals surface area (Å²) in [6.07, 6.45) is 1.56. The summed E-state index contributed by atoms with van der Waals surface area (Å²) in [4.78, 5) is 0. The number of ether oxygens (including phenoxy) is 1. The van der Waals surface area contributed by atoms with Crippen molar-refractivity contribution in [2.45, 2.75) is 19.8 Å². The Hall–Kier alpha value is 0.200. The molecule has 0 fully saturated rings. The standard InChI is InChI=1S/C7H15ClO3S/c1-3-7(4-5-11-2)6-12(8,9)10/h7H,3-6H2,1-2H3. The second kappa shape index (κ2) is 5.78. The van der Waals surface area contributed by atoms with E-state index >= 15 is 0 Å². The van der Waals surface area contributed by atoms with Gasteiger partial charge in [-0.05, 0) is 12.3 Å². The SMILES string of the molecule is CCC(CCOC)CS(=O)(=O)Cl. The van der Waals surface area contributed by atoms with E-state index in [0.717, 1.165) is 12.8 Å². The smallest absolute Gasteiger partial charge is 0.232 e. The molecule has 0 aromatic rings. The van der Waals surface area contributed by atoms with Crippen LogP contribution in [0, 0.1) is 5.92 Å². The Morgan fingerprint density at radius 2 is 2.08 bits per heavy atom. The molecule has 3 nitrogen and oxygen atoms in total. The highest BCUT2D eigenvalue weighted by molar-refractivity contribution is 8.13. The van der Waals surface area contributed by atoms with Gasteiger partial charge in [-0.1, -0.05) is 13.3 Å². The minimum absolute atomic E-state index is 0.0500. The van der Waals surface area contributed by atoms with Crippen molar-refractivity contribution in [1.29, 1.82) is 0 Å². The normalized spacial score (nSPS) is 14.6. The van der Waals surface area contributed by atoms with E-state index in [2.05, 4.69) is 0 Å². The lowest BCUT2D eigenvalue weighted by Crippen LogP contribution is -2.13. The maximum atomic E-state index is 10.7. The molecule has 74 valence electrons. The molecule has 12 heavy (non-hydrogen) atoms. The van der Waals surface area contributed by atoms with Crippen molar-refractivity contribution in [2.24, 2.45) is 5.92 Å². The maximum absolute atomic E-state index is 10.7. The second-order valence-electron chi connectivity index (χ2n) is 2.76. The molecule has 1 unspecified atom stereocenters. The first kappa shape index (κ1) is 12.2. The lowest BCUT2D eigenvalue weighted by atomic mass is 10.1. The molecule has 0 N–H and O–H groups in total. The number of methoxy groups -OCH3 is 1. The maximum Gasteiger partial charge on any atom is 0.232 e. The fourth-order valence-electron chi connectivity index (χ4n) is 0.971. The Labute approximate surface area is 78.5 Å². The van der Waals surface area contributed by atoms with Crippen LogP contribution in [-0.4, -0.2) is 27.9 Å². The topological polar surface area (TPSA) is 43.4 Å². The molecule has 0 aliphatic heterocycles. The molecule has 0 bridgehead atoms. The molecular weight excluding hydrogens is 200 g/mol. The third kappa shape index (κ3) is 6.88. The van der Waals surface area contributed by atoms with Gasteiger partial charge in [-0.2, -0.15) is 0 Å². The first-order valence-corrected chi connectivity index (χ1v) is 6.38. The summed E-state index contributed by atoms with van der Waals surface area (Å²) in [6, 6.07) is 0. The summed E-state index contributed by atoms with van der Waals surface area (Å²) >= 11 is 0. The first-order valence-electron chi connectivity index (χ1n) is 3.91. The fraction of sp³-hybridized carbons (Fsp3) is 1.00. The molecule has 0 radical (unpaired) electrons. The van der Waals surface area contributed by atoms with E-state index in [0.29, 0.717) is 6.61 Å². The van der Waals surface area contributed by atoms with Crippen LogP contribution in [0.4, 0.5) is 0 Å². The van der Waals surface area contributed by atoms with Gasteiger partial charge in [-0.3, -0.25) is 0 Å². The van der Waals surface area contributed by atoms with E-state index in [1.807, 2.05) is 6.92 Å². The molecule has 0 saturated heterocycles. The third-order valence-electron chi connectivity index (χ3n) is 1.74. The first-order chi connectivity index (χ1) is 5.49. The molecule has 0 aromatic carbocycles. The van der Waals surface area contributed by atoms with Gasteiger partial charge >= 0.3 is 0 Å². The van der Waals surface area contributed by atoms with E-state index in [-0.39, 0.29) is 11.7 Å². The molecule has 0 rings (SSSR count). The van der Waals surface area contributed by atoms with Crippen LogP contribution in [0.15, 0.2) is 0 Å². The van der Waals surface area contributed by atoms with Crippen molar-refractivity contribution >= 4 is 19.7 Å². The Kier molecular flexibility index (Phi) is 5.88. The number of hydrogen-bond donors (Lipinski definition) is 0. The van der Waals surface area contributed by atoms with E-state index in [4.69, 9.17) is 15.4 Å². The van der Waals surface area contributed by atoms with E-state index in [9.17, 15) is 8.42 Å². The molecule has 0 heterocycles. The van der Waals surface area contributed by atoms with Crippen molar-refractivity contribution < 1.29 is 13.2 Å². The van der Waals surface area contributed by atoms with Crippen LogP contribution in [0.1, 0.15) is 19.8 Å². The predicted octanol–water partition coefficient (Wildman–Crippen LogP) is 1.62. The van der Waals surface area contributed by atoms with Crippen LogP contribution in [0.25, 0.3) is 0 Å². The number of hydrogen-bond acceptors (Lipinski definition) is 3. The molecule has 1 atom stereocenters. The van der Waals surface area contributed by atoms with Gasteiger partial charge in [0.25, 0.3) is 0 Å². The van der Waals surface area contributed by atoms with E-state index in [1.165, 1.54) is 0 Å². The van der Waals surface area contributed by atoms with Gasteiger partial charge in [0.15, 0.2) is 0 Å². The Morgan fingerprint density at radius 1 is 1.50 bits per heavy atom. The molecule has 0 aliphatic rings. The second-order valence-corrected chi connectivity index (χ2v) is 5.58. The van der Waals surface area contributed by atoms with Crippen molar-refractivity contribution in [3.8, 4) is 0 Å². The quantitative estimate of drug-likeness (QED) is 0.631. The zero-order valence-electron chi connectivity index (χ0n) is 7.42. The molecule has 0 amide bonds. The van der Waals surface area contributed by atoms with Gasteiger partial charge in [-0.15, -0.1) is 0 Å². The van der Waals surface area contributed by atoms with Gasteiger partial charge in [0, 0.05) is 24.4 Å². The monoisotopic (exact) mass is 214 g/mol. The molecule has 0 spiro atoms. The molecule has 5 heteroatoms. The Bertz CT molecular complexity index is 201. The van der Waals surface area contributed by atoms with Crippen LogP contribution in [-0.2, 0) is 13.8 Å². The number of halogens is 1. The zero-order chi connectivity index (χ0) is 9.61. The molecule has 0 saturated carbocycles. The number of rotatable bonds is 6. The lowest BCUT2D eigenvalue weighted by Gasteiger charge is -2.11. The summed E-state index contributed by atoms with van der Waals surface area (Å²) in [6.45, 7) is 2.54. The van der Waals surface area contributed by atoms with Crippen LogP contribution < -0.4 is 0 Å². The van der Waals surface area contributed by atoms with Gasteiger partial charge in [0.2, 0.25) is 9.05 Å². The summed E-state index contributed by atoms with van der Waals surface area (Å²) in [5.74, 6) is 0.168. The van der Waals surface area contributed by atoms with Crippen LogP contribution in [0.2, 0.25) is 0 Å². The molecule has 0 aromatic heterocycles. The highest BCUT2D eigenvalue weighted by Crippen LogP contribution is 2.13. The highest BCUT2D eigenvalue weighted by atomic mass is 35.7. The summed E-state index contributed by atoms with van der Waals surface area (Å²) in [5, 5.41) is 0. The minimum atomic E-state index is -3.35. The minimum Gasteiger partial charge on any atom is -0.385 e. The largest absolute Gasteiger partial charge is 0.385 e. The summed E-state index contributed by atoms with van der Waals surface area (Å²) in [5.41, 5.74) is 0.